The maximum atomic E-state index is 13.7. The van der Waals surface area contributed by atoms with Crippen molar-refractivity contribution in [3.63, 3.8) is 0 Å². The van der Waals surface area contributed by atoms with Crippen molar-refractivity contribution in [3.05, 3.63) is 64.0 Å². The number of hydrogen-bond acceptors (Lipinski definition) is 3. The molecule has 23 heavy (non-hydrogen) atoms. The van der Waals surface area contributed by atoms with Gasteiger partial charge in [0.2, 0.25) is 9.84 Å². The molecule has 0 amide bonds. The summed E-state index contributed by atoms with van der Waals surface area (Å²) in [5.41, 5.74) is 0.845. The molecule has 0 radical (unpaired) electrons. The number of hydrogen-bond donors (Lipinski definition) is 0. The monoisotopic (exact) mass is 369 g/mol. The van der Waals surface area contributed by atoms with Crippen LogP contribution in [0, 0.1) is 12.7 Å². The summed E-state index contributed by atoms with van der Waals surface area (Å²) in [7, 11) is -3.98. The predicted octanol–water partition coefficient (Wildman–Crippen LogP) is 4.82. The van der Waals surface area contributed by atoms with Crippen molar-refractivity contribution in [2.75, 3.05) is 0 Å². The van der Waals surface area contributed by atoms with E-state index in [2.05, 4.69) is 4.98 Å². The lowest BCUT2D eigenvalue weighted by molar-refractivity contribution is 0.589. The van der Waals surface area contributed by atoms with E-state index >= 15 is 0 Å². The van der Waals surface area contributed by atoms with Gasteiger partial charge in [-0.3, -0.25) is 4.98 Å². The van der Waals surface area contributed by atoms with E-state index in [-0.39, 0.29) is 14.8 Å². The van der Waals surface area contributed by atoms with E-state index in [4.69, 9.17) is 23.2 Å². The Morgan fingerprint density at radius 3 is 2.52 bits per heavy atom. The molecule has 0 spiro atoms. The largest absolute Gasteiger partial charge is 0.255 e. The van der Waals surface area contributed by atoms with Crippen LogP contribution >= 0.6 is 23.2 Å². The van der Waals surface area contributed by atoms with E-state index in [9.17, 15) is 12.8 Å². The molecule has 0 saturated heterocycles. The second-order valence-corrected chi connectivity index (χ2v) is 7.74. The Morgan fingerprint density at radius 1 is 1.09 bits per heavy atom. The summed E-state index contributed by atoms with van der Waals surface area (Å²) in [6.07, 6.45) is 1.16. The van der Waals surface area contributed by atoms with Gasteiger partial charge in [-0.1, -0.05) is 29.3 Å². The standard InChI is InChI=1S/C16H10Cl2FNO2S/c1-9-2-4-11(7-13(9)19)23(21,22)15-8-20-14-6-10(17)3-5-12(14)16(15)18/h2-8H,1H3. The van der Waals surface area contributed by atoms with Crippen LogP contribution in [-0.2, 0) is 9.84 Å². The number of aryl methyl sites for hydroxylation is 1. The van der Waals surface area contributed by atoms with Crippen LogP contribution in [0.5, 0.6) is 0 Å². The van der Waals surface area contributed by atoms with E-state index in [1.54, 1.807) is 25.1 Å². The van der Waals surface area contributed by atoms with Gasteiger partial charge in [-0.05, 0) is 42.8 Å². The maximum Gasteiger partial charge on any atom is 0.209 e. The molecule has 0 fully saturated rings. The Hall–Kier alpha value is -1.69. The molecule has 7 heteroatoms. The molecule has 118 valence electrons. The summed E-state index contributed by atoms with van der Waals surface area (Å²) in [5, 5.41) is 0.967. The Kier molecular flexibility index (Phi) is 4.04. The zero-order valence-corrected chi connectivity index (χ0v) is 14.2. The van der Waals surface area contributed by atoms with Gasteiger partial charge in [0.25, 0.3) is 0 Å². The molecule has 0 unspecified atom stereocenters. The van der Waals surface area contributed by atoms with Gasteiger partial charge in [0, 0.05) is 16.6 Å². The van der Waals surface area contributed by atoms with Crippen LogP contribution in [0.25, 0.3) is 10.9 Å². The summed E-state index contributed by atoms with van der Waals surface area (Å²) in [4.78, 5) is 3.75. The molecule has 0 aliphatic rings. The molecule has 0 saturated carbocycles. The van der Waals surface area contributed by atoms with Crippen molar-refractivity contribution in [2.24, 2.45) is 0 Å². The zero-order chi connectivity index (χ0) is 16.8. The minimum absolute atomic E-state index is 0.0349. The molecule has 0 aliphatic heterocycles. The quantitative estimate of drug-likeness (QED) is 0.650. The lowest BCUT2D eigenvalue weighted by atomic mass is 10.2. The van der Waals surface area contributed by atoms with Crippen LogP contribution in [0.2, 0.25) is 10.0 Å². The highest BCUT2D eigenvalue weighted by Crippen LogP contribution is 2.33. The van der Waals surface area contributed by atoms with Crippen molar-refractivity contribution in [1.82, 2.24) is 4.98 Å². The highest BCUT2D eigenvalue weighted by Gasteiger charge is 2.23. The number of benzene rings is 2. The fourth-order valence-electron chi connectivity index (χ4n) is 2.17. The smallest absolute Gasteiger partial charge is 0.209 e. The molecule has 3 nitrogen and oxygen atoms in total. The number of halogens is 3. The fraction of sp³-hybridized carbons (Fsp3) is 0.0625. The van der Waals surface area contributed by atoms with Crippen LogP contribution in [0.15, 0.2) is 52.4 Å². The van der Waals surface area contributed by atoms with Crippen molar-refractivity contribution in [1.29, 1.82) is 0 Å². The molecule has 1 heterocycles. The Labute approximate surface area is 142 Å². The van der Waals surface area contributed by atoms with Gasteiger partial charge in [-0.2, -0.15) is 0 Å². The van der Waals surface area contributed by atoms with Gasteiger partial charge in [-0.25, -0.2) is 12.8 Å². The third-order valence-corrected chi connectivity index (χ3v) is 5.99. The number of sulfone groups is 1. The topological polar surface area (TPSA) is 47.0 Å². The van der Waals surface area contributed by atoms with E-state index in [1.807, 2.05) is 0 Å². The lowest BCUT2D eigenvalue weighted by Crippen LogP contribution is -2.05. The summed E-state index contributed by atoms with van der Waals surface area (Å²) >= 11 is 12.1. The third kappa shape index (κ3) is 2.80. The van der Waals surface area contributed by atoms with Gasteiger partial charge < -0.3 is 0 Å². The average molecular weight is 370 g/mol. The summed E-state index contributed by atoms with van der Waals surface area (Å²) in [6.45, 7) is 1.56. The van der Waals surface area contributed by atoms with Gasteiger partial charge in [0.05, 0.1) is 15.4 Å². The lowest BCUT2D eigenvalue weighted by Gasteiger charge is -2.09. The van der Waals surface area contributed by atoms with E-state index in [0.717, 1.165) is 12.3 Å². The number of aromatic nitrogens is 1. The molecule has 0 N–H and O–H groups in total. The average Bonchev–Trinajstić information content (AvgIpc) is 2.49. The summed E-state index contributed by atoms with van der Waals surface area (Å²) < 4.78 is 39.1. The molecular weight excluding hydrogens is 360 g/mol. The molecule has 0 bridgehead atoms. The summed E-state index contributed by atoms with van der Waals surface area (Å²) in [5.74, 6) is -0.595. The van der Waals surface area contributed by atoms with E-state index in [1.165, 1.54) is 12.1 Å². The fourth-order valence-corrected chi connectivity index (χ4v) is 4.15. The molecule has 0 aliphatic carbocycles. The van der Waals surface area contributed by atoms with Crippen LogP contribution in [0.4, 0.5) is 4.39 Å². The molecule has 2 aromatic carbocycles. The number of pyridine rings is 1. The van der Waals surface area contributed by atoms with Gasteiger partial charge >= 0.3 is 0 Å². The number of fused-ring (bicyclic) bond motifs is 1. The molecule has 3 rings (SSSR count). The van der Waals surface area contributed by atoms with Gasteiger partial charge in [0.15, 0.2) is 0 Å². The first-order valence-electron chi connectivity index (χ1n) is 6.56. The Balaban J connectivity index is 2.24. The second-order valence-electron chi connectivity index (χ2n) is 5.01. The third-order valence-electron chi connectivity index (χ3n) is 3.48. The minimum atomic E-state index is -3.98. The van der Waals surface area contributed by atoms with Crippen molar-refractivity contribution >= 4 is 43.9 Å². The Morgan fingerprint density at radius 2 is 1.83 bits per heavy atom. The molecular formula is C16H10Cl2FNO2S. The van der Waals surface area contributed by atoms with Gasteiger partial charge in [0.1, 0.15) is 10.7 Å². The number of nitrogens with zero attached hydrogens (tertiary/aromatic N) is 1. The highest BCUT2D eigenvalue weighted by atomic mass is 35.5. The van der Waals surface area contributed by atoms with Crippen molar-refractivity contribution < 1.29 is 12.8 Å². The first kappa shape index (κ1) is 16.2. The molecule has 1 aromatic heterocycles. The predicted molar refractivity (Wildman–Crippen MR) is 88.4 cm³/mol. The maximum absolute atomic E-state index is 13.7. The van der Waals surface area contributed by atoms with Crippen LogP contribution < -0.4 is 0 Å². The SMILES string of the molecule is Cc1ccc(S(=O)(=O)c2cnc3cc(Cl)ccc3c2Cl)cc1F. The second kappa shape index (κ2) is 5.74. The zero-order valence-electron chi connectivity index (χ0n) is 11.8. The minimum Gasteiger partial charge on any atom is -0.255 e. The first-order chi connectivity index (χ1) is 10.8. The van der Waals surface area contributed by atoms with E-state index in [0.29, 0.717) is 21.5 Å². The first-order valence-corrected chi connectivity index (χ1v) is 8.79. The van der Waals surface area contributed by atoms with Gasteiger partial charge in [-0.15, -0.1) is 0 Å². The number of rotatable bonds is 2. The van der Waals surface area contributed by atoms with Crippen molar-refractivity contribution in [3.8, 4) is 0 Å². The van der Waals surface area contributed by atoms with Crippen molar-refractivity contribution in [2.45, 2.75) is 16.7 Å². The summed E-state index contributed by atoms with van der Waals surface area (Å²) in [6, 6.07) is 8.51. The van der Waals surface area contributed by atoms with Crippen LogP contribution in [-0.4, -0.2) is 13.4 Å². The van der Waals surface area contributed by atoms with E-state index < -0.39 is 15.7 Å². The van der Waals surface area contributed by atoms with Crippen LogP contribution in [0.3, 0.4) is 0 Å². The van der Waals surface area contributed by atoms with Crippen LogP contribution in [0.1, 0.15) is 5.56 Å². The normalized spacial score (nSPS) is 11.8. The highest BCUT2D eigenvalue weighted by molar-refractivity contribution is 7.91. The molecule has 3 aromatic rings. The molecule has 0 atom stereocenters. The Bertz CT molecular complexity index is 1040.